The molecule has 4 heteroatoms. The van der Waals surface area contributed by atoms with Crippen LogP contribution in [0.2, 0.25) is 0 Å². The van der Waals surface area contributed by atoms with Gasteiger partial charge in [-0.25, -0.2) is 0 Å². The number of aliphatic hydroxyl groups excluding tert-OH is 1. The third-order valence-electron chi connectivity index (χ3n) is 3.61. The van der Waals surface area contributed by atoms with Gasteiger partial charge in [0.1, 0.15) is 5.54 Å². The van der Waals surface area contributed by atoms with Crippen LogP contribution in [0.4, 0.5) is 0 Å². The highest BCUT2D eigenvalue weighted by Crippen LogP contribution is 2.22. The predicted octanol–water partition coefficient (Wildman–Crippen LogP) is 1.13. The lowest BCUT2D eigenvalue weighted by Crippen LogP contribution is -2.56. The molecule has 0 amide bonds. The Hall–Kier alpha value is -1.41. The van der Waals surface area contributed by atoms with Crippen LogP contribution in [0.5, 0.6) is 0 Å². The van der Waals surface area contributed by atoms with Gasteiger partial charge in [-0.3, -0.25) is 10.2 Å². The highest BCUT2D eigenvalue weighted by molar-refractivity contribution is 5.16. The van der Waals surface area contributed by atoms with Gasteiger partial charge in [-0.15, -0.1) is 0 Å². The van der Waals surface area contributed by atoms with Crippen LogP contribution in [0.1, 0.15) is 18.4 Å². The van der Waals surface area contributed by atoms with Gasteiger partial charge in [0.05, 0.1) is 12.7 Å². The highest BCUT2D eigenvalue weighted by Gasteiger charge is 2.34. The standard InChI is InChI=1S/C15H21N3O/c16-12-15(17-8-10-19)7-4-9-18(13-15)11-14-5-2-1-3-6-14/h1-3,5-6,17,19H,4,7-11,13H2. The van der Waals surface area contributed by atoms with Crippen LogP contribution in [-0.2, 0) is 6.54 Å². The van der Waals surface area contributed by atoms with Crippen molar-refractivity contribution in [2.45, 2.75) is 24.9 Å². The molecule has 102 valence electrons. The number of nitrogens with one attached hydrogen (secondary N) is 1. The van der Waals surface area contributed by atoms with Gasteiger partial charge in [0.15, 0.2) is 0 Å². The monoisotopic (exact) mass is 259 g/mol. The third kappa shape index (κ3) is 3.77. The fourth-order valence-electron chi connectivity index (χ4n) is 2.69. The van der Waals surface area contributed by atoms with Gasteiger partial charge < -0.3 is 5.11 Å². The lowest BCUT2D eigenvalue weighted by molar-refractivity contribution is 0.142. The fourth-order valence-corrected chi connectivity index (χ4v) is 2.69. The topological polar surface area (TPSA) is 59.3 Å². The van der Waals surface area contributed by atoms with Gasteiger partial charge in [-0.2, -0.15) is 5.26 Å². The van der Waals surface area contributed by atoms with Crippen molar-refractivity contribution in [3.63, 3.8) is 0 Å². The highest BCUT2D eigenvalue weighted by atomic mass is 16.3. The van der Waals surface area contributed by atoms with Gasteiger partial charge in [0, 0.05) is 19.6 Å². The van der Waals surface area contributed by atoms with Crippen molar-refractivity contribution in [2.24, 2.45) is 0 Å². The van der Waals surface area contributed by atoms with Gasteiger partial charge >= 0.3 is 0 Å². The number of aliphatic hydroxyl groups is 1. The molecule has 1 unspecified atom stereocenters. The second-order valence-electron chi connectivity index (χ2n) is 5.14. The largest absolute Gasteiger partial charge is 0.395 e. The Morgan fingerprint density at radius 3 is 2.84 bits per heavy atom. The molecule has 4 nitrogen and oxygen atoms in total. The molecular weight excluding hydrogens is 238 g/mol. The molecule has 1 aliphatic heterocycles. The van der Waals surface area contributed by atoms with Gasteiger partial charge in [-0.1, -0.05) is 30.3 Å². The summed E-state index contributed by atoms with van der Waals surface area (Å²) in [4.78, 5) is 2.31. The molecule has 1 aliphatic rings. The minimum atomic E-state index is -0.504. The maximum Gasteiger partial charge on any atom is 0.119 e. The van der Waals surface area contributed by atoms with Crippen LogP contribution >= 0.6 is 0 Å². The number of likely N-dealkylation sites (tertiary alicyclic amines) is 1. The number of nitriles is 1. The minimum Gasteiger partial charge on any atom is -0.395 e. The van der Waals surface area contributed by atoms with Crippen molar-refractivity contribution in [2.75, 3.05) is 26.2 Å². The SMILES string of the molecule is N#CC1(NCCO)CCCN(Cc2ccccc2)C1. The first kappa shape index (κ1) is 14.0. The molecular formula is C15H21N3O. The van der Waals surface area contributed by atoms with Crippen molar-refractivity contribution >= 4 is 0 Å². The Morgan fingerprint density at radius 2 is 2.16 bits per heavy atom. The predicted molar refractivity (Wildman–Crippen MR) is 74.4 cm³/mol. The summed E-state index contributed by atoms with van der Waals surface area (Å²) in [5, 5.41) is 21.6. The lowest BCUT2D eigenvalue weighted by atomic mass is 9.90. The van der Waals surface area contributed by atoms with E-state index in [9.17, 15) is 5.26 Å². The van der Waals surface area contributed by atoms with Crippen LogP contribution < -0.4 is 5.32 Å². The van der Waals surface area contributed by atoms with E-state index in [0.717, 1.165) is 32.5 Å². The van der Waals surface area contributed by atoms with E-state index in [0.29, 0.717) is 6.54 Å². The number of rotatable bonds is 5. The number of β-amino-alcohol motifs (C(OH)–C–C–N with tert-alkyl or cyclic N) is 1. The molecule has 2 N–H and O–H groups in total. The molecule has 1 fully saturated rings. The van der Waals surface area contributed by atoms with E-state index in [4.69, 9.17) is 5.11 Å². The van der Waals surface area contributed by atoms with Crippen molar-refractivity contribution in [3.8, 4) is 6.07 Å². The molecule has 1 aromatic carbocycles. The van der Waals surface area contributed by atoms with E-state index >= 15 is 0 Å². The van der Waals surface area contributed by atoms with Crippen LogP contribution in [0.15, 0.2) is 30.3 Å². The van der Waals surface area contributed by atoms with Crippen LogP contribution in [0.3, 0.4) is 0 Å². The summed E-state index contributed by atoms with van der Waals surface area (Å²) in [7, 11) is 0. The quantitative estimate of drug-likeness (QED) is 0.832. The number of nitrogens with zero attached hydrogens (tertiary/aromatic N) is 2. The lowest BCUT2D eigenvalue weighted by Gasteiger charge is -2.38. The Balaban J connectivity index is 1.98. The van der Waals surface area contributed by atoms with Gasteiger partial charge in [0.2, 0.25) is 0 Å². The zero-order chi connectivity index (χ0) is 13.6. The van der Waals surface area contributed by atoms with E-state index in [-0.39, 0.29) is 6.61 Å². The smallest absolute Gasteiger partial charge is 0.119 e. The first-order valence-electron chi connectivity index (χ1n) is 6.81. The van der Waals surface area contributed by atoms with E-state index in [1.54, 1.807) is 0 Å². The minimum absolute atomic E-state index is 0.0715. The number of hydrogen-bond donors (Lipinski definition) is 2. The average molecular weight is 259 g/mol. The van der Waals surface area contributed by atoms with Gasteiger partial charge in [0.25, 0.3) is 0 Å². The number of benzene rings is 1. The Kier molecular flexibility index (Phi) is 4.92. The Labute approximate surface area is 114 Å². The van der Waals surface area contributed by atoms with Gasteiger partial charge in [-0.05, 0) is 24.9 Å². The molecule has 0 spiro atoms. The van der Waals surface area contributed by atoms with Crippen molar-refractivity contribution < 1.29 is 5.11 Å². The zero-order valence-electron chi connectivity index (χ0n) is 11.2. The Morgan fingerprint density at radius 1 is 1.37 bits per heavy atom. The van der Waals surface area contributed by atoms with Crippen molar-refractivity contribution in [3.05, 3.63) is 35.9 Å². The summed E-state index contributed by atoms with van der Waals surface area (Å²) in [6.45, 7) is 3.18. The third-order valence-corrected chi connectivity index (χ3v) is 3.61. The molecule has 19 heavy (non-hydrogen) atoms. The van der Waals surface area contributed by atoms with Crippen LogP contribution in [0.25, 0.3) is 0 Å². The summed E-state index contributed by atoms with van der Waals surface area (Å²) in [5.41, 5.74) is 0.772. The summed E-state index contributed by atoms with van der Waals surface area (Å²) in [5.74, 6) is 0. The second-order valence-corrected chi connectivity index (χ2v) is 5.14. The first-order valence-corrected chi connectivity index (χ1v) is 6.81. The van der Waals surface area contributed by atoms with Crippen LogP contribution in [-0.4, -0.2) is 41.8 Å². The molecule has 1 aromatic rings. The summed E-state index contributed by atoms with van der Waals surface area (Å²) < 4.78 is 0. The molecule has 0 saturated carbocycles. The second kappa shape index (κ2) is 6.67. The average Bonchev–Trinajstić information content (AvgIpc) is 2.46. The van der Waals surface area contributed by atoms with E-state index in [1.165, 1.54) is 5.56 Å². The van der Waals surface area contributed by atoms with Crippen molar-refractivity contribution in [1.29, 1.82) is 5.26 Å². The maximum absolute atomic E-state index is 9.43. The molecule has 0 aromatic heterocycles. The summed E-state index contributed by atoms with van der Waals surface area (Å²) >= 11 is 0. The van der Waals surface area contributed by atoms with E-state index < -0.39 is 5.54 Å². The molecule has 0 bridgehead atoms. The van der Waals surface area contributed by atoms with E-state index in [2.05, 4.69) is 28.4 Å². The fraction of sp³-hybridized carbons (Fsp3) is 0.533. The summed E-state index contributed by atoms with van der Waals surface area (Å²) in [6.07, 6.45) is 1.87. The number of hydrogen-bond acceptors (Lipinski definition) is 4. The molecule has 1 saturated heterocycles. The zero-order valence-corrected chi connectivity index (χ0v) is 11.2. The van der Waals surface area contributed by atoms with Crippen molar-refractivity contribution in [1.82, 2.24) is 10.2 Å². The first-order chi connectivity index (χ1) is 9.28. The molecule has 0 radical (unpaired) electrons. The summed E-state index contributed by atoms with van der Waals surface area (Å²) in [6, 6.07) is 12.7. The number of piperidine rings is 1. The molecule has 0 aliphatic carbocycles. The molecule has 1 heterocycles. The normalized spacial score (nSPS) is 24.0. The maximum atomic E-state index is 9.43. The Bertz CT molecular complexity index is 429. The van der Waals surface area contributed by atoms with E-state index in [1.807, 2.05) is 18.2 Å². The van der Waals surface area contributed by atoms with Crippen LogP contribution in [0, 0.1) is 11.3 Å². The molecule has 2 rings (SSSR count). The molecule has 1 atom stereocenters.